The molecule has 1 aromatic carbocycles. The molecule has 0 aliphatic rings. The zero-order valence-corrected chi connectivity index (χ0v) is 22.5. The summed E-state index contributed by atoms with van der Waals surface area (Å²) in [6.07, 6.45) is 0. The molecule has 5 rings (SSSR count). The van der Waals surface area contributed by atoms with E-state index in [-0.39, 0.29) is 10.6 Å². The van der Waals surface area contributed by atoms with Crippen molar-refractivity contribution in [1.29, 1.82) is 0 Å². The van der Waals surface area contributed by atoms with E-state index in [1.54, 1.807) is 17.4 Å². The number of hydrogen-bond donors (Lipinski definition) is 1. The molecule has 0 unspecified atom stereocenters. The lowest BCUT2D eigenvalue weighted by Gasteiger charge is -2.09. The molecule has 0 atom stereocenters. The molecule has 0 radical (unpaired) electrons. The van der Waals surface area contributed by atoms with Crippen LogP contribution < -0.4 is 5.32 Å². The Morgan fingerprint density at radius 2 is 1.39 bits per heavy atom. The molecule has 5 nitrogen and oxygen atoms in total. The summed E-state index contributed by atoms with van der Waals surface area (Å²) < 4.78 is 1.89. The van der Waals surface area contributed by atoms with Gasteiger partial charge in [-0.25, -0.2) is 15.0 Å². The molecular formula is C21H14Cl5N5S2. The molecule has 33 heavy (non-hydrogen) atoms. The predicted molar refractivity (Wildman–Crippen MR) is 143 cm³/mol. The Morgan fingerprint density at radius 3 is 2.06 bits per heavy atom. The molecule has 170 valence electrons. The molecule has 4 heterocycles. The Labute approximate surface area is 222 Å². The highest BCUT2D eigenvalue weighted by Gasteiger charge is 2.11. The average Bonchev–Trinajstić information content (AvgIpc) is 3.31. The maximum Gasteiger partial charge on any atom is 0.224 e. The molecule has 1 N–H and O–H groups in total. The maximum absolute atomic E-state index is 6.17. The van der Waals surface area contributed by atoms with E-state index in [9.17, 15) is 0 Å². The molecular weight excluding hydrogens is 564 g/mol. The first kappa shape index (κ1) is 24.7. The van der Waals surface area contributed by atoms with Gasteiger partial charge in [0.05, 0.1) is 20.4 Å². The molecule has 0 spiro atoms. The van der Waals surface area contributed by atoms with E-state index in [0.29, 0.717) is 27.6 Å². The minimum atomic E-state index is 0.203. The van der Waals surface area contributed by atoms with Crippen molar-refractivity contribution < 1.29 is 0 Å². The third-order valence-corrected chi connectivity index (χ3v) is 8.05. The fourth-order valence-electron chi connectivity index (χ4n) is 2.94. The number of hydrogen-bond acceptors (Lipinski definition) is 7. The lowest BCUT2D eigenvalue weighted by atomic mass is 10.2. The molecule has 0 saturated carbocycles. The van der Waals surface area contributed by atoms with Crippen molar-refractivity contribution in [3.63, 3.8) is 0 Å². The molecule has 0 aliphatic heterocycles. The second-order valence-corrected chi connectivity index (χ2v) is 10.5. The molecule has 0 fully saturated rings. The highest BCUT2D eigenvalue weighted by Crippen LogP contribution is 2.32. The lowest BCUT2D eigenvalue weighted by molar-refractivity contribution is 1.10. The number of aryl methyl sites for hydroxylation is 2. The van der Waals surface area contributed by atoms with Crippen LogP contribution in [0.15, 0.2) is 29.0 Å². The standard InChI is InChI=1S/C14H10Cl3N3S.C7H4Cl2N2S/c1-7-6-21-12-11(7)19-14(17)20-13(12)18-5-8-2-3-9(15)4-10(8)16;1-3-2-12-5-4(3)10-7(9)11-6(5)8/h2-4,6H,5H2,1H3,(H,18,19,20);2H,1H3. The van der Waals surface area contributed by atoms with E-state index in [2.05, 4.69) is 25.3 Å². The Bertz CT molecular complexity index is 1470. The number of thiophene rings is 2. The minimum absolute atomic E-state index is 0.203. The van der Waals surface area contributed by atoms with Gasteiger partial charge in [-0.3, -0.25) is 0 Å². The summed E-state index contributed by atoms with van der Waals surface area (Å²) in [6.45, 7) is 4.51. The summed E-state index contributed by atoms with van der Waals surface area (Å²) in [7, 11) is 0. The van der Waals surface area contributed by atoms with E-state index >= 15 is 0 Å². The van der Waals surface area contributed by atoms with Crippen molar-refractivity contribution in [2.45, 2.75) is 20.4 Å². The number of nitrogens with zero attached hydrogens (tertiary/aromatic N) is 4. The van der Waals surface area contributed by atoms with Crippen molar-refractivity contribution in [3.05, 3.63) is 71.4 Å². The summed E-state index contributed by atoms with van der Waals surface area (Å²) in [5, 5.41) is 9.39. The Morgan fingerprint density at radius 1 is 0.788 bits per heavy atom. The molecule has 12 heteroatoms. The van der Waals surface area contributed by atoms with Gasteiger partial charge >= 0.3 is 0 Å². The van der Waals surface area contributed by atoms with Gasteiger partial charge < -0.3 is 5.32 Å². The summed E-state index contributed by atoms with van der Waals surface area (Å²) in [5.74, 6) is 0.717. The van der Waals surface area contributed by atoms with E-state index in [1.165, 1.54) is 11.3 Å². The van der Waals surface area contributed by atoms with Crippen LogP contribution in [0.3, 0.4) is 0 Å². The summed E-state index contributed by atoms with van der Waals surface area (Å²) >= 11 is 32.7. The van der Waals surface area contributed by atoms with Gasteiger partial charge in [-0.1, -0.05) is 40.9 Å². The first-order valence-electron chi connectivity index (χ1n) is 9.39. The van der Waals surface area contributed by atoms with Crippen LogP contribution in [0, 0.1) is 13.8 Å². The van der Waals surface area contributed by atoms with Gasteiger partial charge in [0.2, 0.25) is 10.6 Å². The largest absolute Gasteiger partial charge is 0.365 e. The van der Waals surface area contributed by atoms with Crippen molar-refractivity contribution in [2.75, 3.05) is 5.32 Å². The van der Waals surface area contributed by atoms with Crippen LogP contribution in [0.4, 0.5) is 5.82 Å². The fourth-order valence-corrected chi connectivity index (χ4v) is 5.92. The zero-order valence-electron chi connectivity index (χ0n) is 17.1. The molecule has 0 saturated heterocycles. The monoisotopic (exact) mass is 575 g/mol. The number of rotatable bonds is 3. The van der Waals surface area contributed by atoms with Gasteiger partial charge in [0.15, 0.2) is 5.15 Å². The van der Waals surface area contributed by atoms with Crippen LogP contribution in [0.2, 0.25) is 25.8 Å². The van der Waals surface area contributed by atoms with E-state index in [0.717, 1.165) is 37.1 Å². The van der Waals surface area contributed by atoms with Gasteiger partial charge in [-0.15, -0.1) is 22.7 Å². The van der Waals surface area contributed by atoms with Crippen LogP contribution in [-0.4, -0.2) is 19.9 Å². The van der Waals surface area contributed by atoms with E-state index < -0.39 is 0 Å². The summed E-state index contributed by atoms with van der Waals surface area (Å²) in [6, 6.07) is 5.41. The third-order valence-electron chi connectivity index (χ3n) is 4.55. The smallest absolute Gasteiger partial charge is 0.224 e. The van der Waals surface area contributed by atoms with Crippen molar-refractivity contribution in [3.8, 4) is 0 Å². The Hall–Kier alpha value is -1.45. The maximum atomic E-state index is 6.17. The van der Waals surface area contributed by atoms with Crippen molar-refractivity contribution in [1.82, 2.24) is 19.9 Å². The summed E-state index contributed by atoms with van der Waals surface area (Å²) in [5.41, 5.74) is 4.85. The van der Waals surface area contributed by atoms with Crippen LogP contribution in [0.5, 0.6) is 0 Å². The van der Waals surface area contributed by atoms with Crippen molar-refractivity contribution >= 4 is 107 Å². The first-order chi connectivity index (χ1) is 15.7. The Kier molecular flexibility index (Phi) is 7.80. The van der Waals surface area contributed by atoms with Crippen LogP contribution in [-0.2, 0) is 6.54 Å². The van der Waals surface area contributed by atoms with Gasteiger partial charge in [0.1, 0.15) is 5.82 Å². The molecule has 0 amide bonds. The molecule has 0 aliphatic carbocycles. The molecule has 5 aromatic rings. The molecule has 4 aromatic heterocycles. The van der Waals surface area contributed by atoms with Gasteiger partial charge in [-0.05, 0) is 76.6 Å². The number of benzene rings is 1. The topological polar surface area (TPSA) is 63.6 Å². The highest BCUT2D eigenvalue weighted by atomic mass is 35.5. The predicted octanol–water partition coefficient (Wildman–Crippen LogP) is 8.88. The fraction of sp³-hybridized carbons (Fsp3) is 0.143. The lowest BCUT2D eigenvalue weighted by Crippen LogP contribution is -2.03. The van der Waals surface area contributed by atoms with Gasteiger partial charge in [0.25, 0.3) is 0 Å². The average molecular weight is 578 g/mol. The summed E-state index contributed by atoms with van der Waals surface area (Å²) in [4.78, 5) is 16.4. The van der Waals surface area contributed by atoms with Crippen LogP contribution in [0.25, 0.3) is 20.4 Å². The number of anilines is 1. The van der Waals surface area contributed by atoms with Crippen molar-refractivity contribution in [2.24, 2.45) is 0 Å². The number of fused-ring (bicyclic) bond motifs is 2. The number of aromatic nitrogens is 4. The minimum Gasteiger partial charge on any atom is -0.365 e. The first-order valence-corrected chi connectivity index (χ1v) is 13.0. The third kappa shape index (κ3) is 5.62. The molecule has 0 bridgehead atoms. The quantitative estimate of drug-likeness (QED) is 0.171. The number of halogens is 5. The zero-order chi connectivity index (χ0) is 23.7. The van der Waals surface area contributed by atoms with E-state index in [4.69, 9.17) is 58.0 Å². The highest BCUT2D eigenvalue weighted by molar-refractivity contribution is 7.18. The van der Waals surface area contributed by atoms with E-state index in [1.807, 2.05) is 36.7 Å². The van der Waals surface area contributed by atoms with Gasteiger partial charge in [-0.2, -0.15) is 4.98 Å². The second kappa shape index (κ2) is 10.4. The van der Waals surface area contributed by atoms with Crippen LogP contribution in [0.1, 0.15) is 16.7 Å². The SMILES string of the molecule is Cc1csc2c(Cl)nc(Cl)nc12.Cc1csc2c(NCc3ccc(Cl)cc3Cl)nc(Cl)nc12. The van der Waals surface area contributed by atoms with Crippen LogP contribution >= 0.6 is 80.7 Å². The Balaban J connectivity index is 0.000000183. The van der Waals surface area contributed by atoms with Gasteiger partial charge in [0, 0.05) is 16.6 Å². The normalized spacial score (nSPS) is 11.0. The number of nitrogens with one attached hydrogen (secondary N) is 1. The second-order valence-electron chi connectivity index (χ2n) is 6.91.